The SMILES string of the molecule is Cc1ccoc1C(=O)N1CCn2c(CCOCC3CC3)cnc2[C@H]1C. The summed E-state index contributed by atoms with van der Waals surface area (Å²) in [6, 6.07) is 1.76. The zero-order valence-corrected chi connectivity index (χ0v) is 14.9. The van der Waals surface area contributed by atoms with Gasteiger partial charge >= 0.3 is 0 Å². The van der Waals surface area contributed by atoms with Crippen LogP contribution in [0.5, 0.6) is 0 Å². The van der Waals surface area contributed by atoms with Gasteiger partial charge in [-0.25, -0.2) is 4.98 Å². The highest BCUT2D eigenvalue weighted by Crippen LogP contribution is 2.29. The van der Waals surface area contributed by atoms with Gasteiger partial charge in [0.1, 0.15) is 5.82 Å². The number of carbonyl (C=O) groups excluding carboxylic acids is 1. The summed E-state index contributed by atoms with van der Waals surface area (Å²) in [7, 11) is 0. The number of rotatable bonds is 6. The lowest BCUT2D eigenvalue weighted by atomic mass is 10.1. The highest BCUT2D eigenvalue weighted by atomic mass is 16.5. The van der Waals surface area contributed by atoms with Crippen molar-refractivity contribution in [3.8, 4) is 0 Å². The molecule has 0 radical (unpaired) electrons. The molecule has 4 rings (SSSR count). The van der Waals surface area contributed by atoms with Gasteiger partial charge in [0.25, 0.3) is 5.91 Å². The molecule has 1 amide bonds. The third-order valence-corrected chi connectivity index (χ3v) is 5.24. The minimum atomic E-state index is -0.0631. The standard InChI is InChI=1S/C19H25N3O3/c1-13-5-10-25-17(13)19(23)21-7-8-22-16(11-20-18(22)14(21)2)6-9-24-12-15-3-4-15/h5,10-11,14-15H,3-4,6-9,12H2,1-2H3/t14-/m1/s1. The lowest BCUT2D eigenvalue weighted by Crippen LogP contribution is -2.41. The lowest BCUT2D eigenvalue weighted by Gasteiger charge is -2.34. The molecule has 1 fully saturated rings. The van der Waals surface area contributed by atoms with Crippen LogP contribution in [0.2, 0.25) is 0 Å². The average molecular weight is 343 g/mol. The average Bonchev–Trinajstić information content (AvgIpc) is 3.18. The predicted octanol–water partition coefficient (Wildman–Crippen LogP) is 2.97. The zero-order chi connectivity index (χ0) is 17.4. The largest absolute Gasteiger partial charge is 0.459 e. The quantitative estimate of drug-likeness (QED) is 0.757. The van der Waals surface area contributed by atoms with Crippen molar-refractivity contribution in [2.75, 3.05) is 19.8 Å². The third kappa shape index (κ3) is 3.23. The normalized spacial score (nSPS) is 19.9. The van der Waals surface area contributed by atoms with Crippen molar-refractivity contribution in [3.05, 3.63) is 41.4 Å². The first-order valence-electron chi connectivity index (χ1n) is 9.12. The Morgan fingerprint density at radius 2 is 2.24 bits per heavy atom. The third-order valence-electron chi connectivity index (χ3n) is 5.24. The van der Waals surface area contributed by atoms with Crippen LogP contribution in [-0.4, -0.2) is 40.1 Å². The summed E-state index contributed by atoms with van der Waals surface area (Å²) in [4.78, 5) is 19.2. The fraction of sp³-hybridized carbons (Fsp3) is 0.579. The van der Waals surface area contributed by atoms with Gasteiger partial charge in [-0.15, -0.1) is 0 Å². The Labute approximate surface area is 147 Å². The first-order valence-corrected chi connectivity index (χ1v) is 9.12. The van der Waals surface area contributed by atoms with Gasteiger partial charge in [-0.2, -0.15) is 0 Å². The van der Waals surface area contributed by atoms with Crippen molar-refractivity contribution < 1.29 is 13.9 Å². The van der Waals surface area contributed by atoms with E-state index in [1.54, 1.807) is 6.26 Å². The molecule has 3 heterocycles. The first kappa shape index (κ1) is 16.4. The van der Waals surface area contributed by atoms with Gasteiger partial charge in [-0.1, -0.05) is 0 Å². The number of amides is 1. The maximum Gasteiger partial charge on any atom is 0.290 e. The number of aryl methyl sites for hydroxylation is 1. The molecule has 0 bridgehead atoms. The van der Waals surface area contributed by atoms with Gasteiger partial charge in [0.2, 0.25) is 0 Å². The van der Waals surface area contributed by atoms with Crippen LogP contribution in [-0.2, 0) is 17.7 Å². The van der Waals surface area contributed by atoms with E-state index in [0.29, 0.717) is 12.3 Å². The van der Waals surface area contributed by atoms with Crippen LogP contribution in [0.25, 0.3) is 0 Å². The van der Waals surface area contributed by atoms with Crippen molar-refractivity contribution in [1.29, 1.82) is 0 Å². The second-order valence-electron chi connectivity index (χ2n) is 7.13. The smallest absolute Gasteiger partial charge is 0.290 e. The lowest BCUT2D eigenvalue weighted by molar-refractivity contribution is 0.0601. The van der Waals surface area contributed by atoms with Crippen LogP contribution >= 0.6 is 0 Å². The molecule has 6 nitrogen and oxygen atoms in total. The molecule has 1 saturated carbocycles. The van der Waals surface area contributed by atoms with E-state index in [9.17, 15) is 4.79 Å². The molecule has 1 atom stereocenters. The van der Waals surface area contributed by atoms with Crippen molar-refractivity contribution in [2.24, 2.45) is 5.92 Å². The van der Waals surface area contributed by atoms with Gasteiger partial charge in [0.15, 0.2) is 5.76 Å². The maximum atomic E-state index is 12.8. The van der Waals surface area contributed by atoms with Crippen LogP contribution in [0.15, 0.2) is 22.9 Å². The van der Waals surface area contributed by atoms with Gasteiger partial charge in [-0.05, 0) is 38.7 Å². The van der Waals surface area contributed by atoms with E-state index >= 15 is 0 Å². The van der Waals surface area contributed by atoms with Crippen LogP contribution in [0.1, 0.15) is 53.4 Å². The second-order valence-corrected chi connectivity index (χ2v) is 7.13. The second kappa shape index (κ2) is 6.67. The molecular formula is C19H25N3O3. The number of hydrogen-bond donors (Lipinski definition) is 0. The van der Waals surface area contributed by atoms with E-state index in [4.69, 9.17) is 9.15 Å². The molecule has 2 aromatic rings. The molecule has 0 aromatic carbocycles. The molecule has 2 aromatic heterocycles. The Kier molecular flexibility index (Phi) is 4.37. The molecule has 134 valence electrons. The number of fused-ring (bicyclic) bond motifs is 1. The maximum absolute atomic E-state index is 12.8. The van der Waals surface area contributed by atoms with E-state index < -0.39 is 0 Å². The minimum Gasteiger partial charge on any atom is -0.459 e. The number of carbonyl (C=O) groups is 1. The molecule has 0 saturated heterocycles. The molecule has 1 aliphatic heterocycles. The fourth-order valence-corrected chi connectivity index (χ4v) is 3.47. The number of imidazole rings is 1. The molecule has 25 heavy (non-hydrogen) atoms. The number of nitrogens with zero attached hydrogens (tertiary/aromatic N) is 3. The molecule has 0 unspecified atom stereocenters. The zero-order valence-electron chi connectivity index (χ0n) is 14.9. The number of aromatic nitrogens is 2. The summed E-state index contributed by atoms with van der Waals surface area (Å²) < 4.78 is 13.4. The van der Waals surface area contributed by atoms with Gasteiger partial charge in [-0.3, -0.25) is 4.79 Å². The molecule has 0 N–H and O–H groups in total. The van der Waals surface area contributed by atoms with E-state index in [1.807, 2.05) is 31.0 Å². The van der Waals surface area contributed by atoms with Crippen molar-refractivity contribution in [3.63, 3.8) is 0 Å². The summed E-state index contributed by atoms with van der Waals surface area (Å²) in [6.07, 6.45) is 7.01. The summed E-state index contributed by atoms with van der Waals surface area (Å²) in [6.45, 7) is 6.99. The van der Waals surface area contributed by atoms with Crippen molar-refractivity contribution >= 4 is 5.91 Å². The van der Waals surface area contributed by atoms with Crippen LogP contribution in [0.4, 0.5) is 0 Å². The summed E-state index contributed by atoms with van der Waals surface area (Å²) in [5.41, 5.74) is 2.07. The van der Waals surface area contributed by atoms with Crippen LogP contribution in [0.3, 0.4) is 0 Å². The van der Waals surface area contributed by atoms with Gasteiger partial charge < -0.3 is 18.6 Å². The molecule has 6 heteroatoms. The Bertz CT molecular complexity index is 760. The highest BCUT2D eigenvalue weighted by Gasteiger charge is 2.32. The summed E-state index contributed by atoms with van der Waals surface area (Å²) in [5.74, 6) is 2.11. The number of hydrogen-bond acceptors (Lipinski definition) is 4. The molecule has 0 spiro atoms. The topological polar surface area (TPSA) is 60.5 Å². The van der Waals surface area contributed by atoms with E-state index in [1.165, 1.54) is 18.5 Å². The number of ether oxygens (including phenoxy) is 1. The monoisotopic (exact) mass is 343 g/mol. The van der Waals surface area contributed by atoms with Crippen LogP contribution in [0, 0.1) is 12.8 Å². The Balaban J connectivity index is 1.43. The van der Waals surface area contributed by atoms with Gasteiger partial charge in [0.05, 0.1) is 18.9 Å². The van der Waals surface area contributed by atoms with Crippen LogP contribution < -0.4 is 0 Å². The first-order chi connectivity index (χ1) is 12.1. The summed E-state index contributed by atoms with van der Waals surface area (Å²) >= 11 is 0. The van der Waals surface area contributed by atoms with Gasteiger partial charge in [0, 0.05) is 43.6 Å². The predicted molar refractivity (Wildman–Crippen MR) is 92.4 cm³/mol. The van der Waals surface area contributed by atoms with Crippen molar-refractivity contribution in [1.82, 2.24) is 14.5 Å². The fourth-order valence-electron chi connectivity index (χ4n) is 3.47. The minimum absolute atomic E-state index is 0.0569. The van der Waals surface area contributed by atoms with Crippen molar-refractivity contribution in [2.45, 2.75) is 45.7 Å². The van der Waals surface area contributed by atoms with E-state index in [2.05, 4.69) is 9.55 Å². The summed E-state index contributed by atoms with van der Waals surface area (Å²) in [5, 5.41) is 0. The molecule has 1 aliphatic carbocycles. The Morgan fingerprint density at radius 3 is 2.96 bits per heavy atom. The molecular weight excluding hydrogens is 318 g/mol. The van der Waals surface area contributed by atoms with E-state index in [0.717, 1.165) is 43.5 Å². The molecule has 2 aliphatic rings. The van der Waals surface area contributed by atoms with E-state index in [-0.39, 0.29) is 11.9 Å². The number of furan rings is 1. The Hall–Kier alpha value is -2.08. The Morgan fingerprint density at radius 1 is 1.40 bits per heavy atom. The highest BCUT2D eigenvalue weighted by molar-refractivity contribution is 5.93.